The van der Waals surface area contributed by atoms with Crippen molar-refractivity contribution >= 4 is 15.6 Å². The number of benzene rings is 1. The number of hydrogen-bond donors (Lipinski definition) is 0. The first-order valence-electron chi connectivity index (χ1n) is 6.87. The molecule has 1 aliphatic rings. The average molecular weight is 307 g/mol. The topological polar surface area (TPSA) is 84.2 Å². The van der Waals surface area contributed by atoms with Crippen molar-refractivity contribution in [2.24, 2.45) is 0 Å². The minimum atomic E-state index is -3.45. The molecule has 0 saturated heterocycles. The van der Waals surface area contributed by atoms with Gasteiger partial charge in [-0.25, -0.2) is 8.42 Å². The molecule has 0 heterocycles. The van der Waals surface area contributed by atoms with E-state index in [9.17, 15) is 13.2 Å². The van der Waals surface area contributed by atoms with E-state index in [0.29, 0.717) is 31.2 Å². The van der Waals surface area contributed by atoms with Gasteiger partial charge in [0.05, 0.1) is 35.0 Å². The molecule has 2 rings (SSSR count). The number of rotatable bonds is 5. The fourth-order valence-corrected chi connectivity index (χ4v) is 3.43. The lowest BCUT2D eigenvalue weighted by atomic mass is 9.97. The molecule has 1 fully saturated rings. The van der Waals surface area contributed by atoms with Crippen LogP contribution >= 0.6 is 0 Å². The van der Waals surface area contributed by atoms with Crippen molar-refractivity contribution in [2.75, 3.05) is 12.4 Å². The summed E-state index contributed by atoms with van der Waals surface area (Å²) in [5, 5.41) is 8.80. The van der Waals surface area contributed by atoms with Gasteiger partial charge in [0.1, 0.15) is 5.78 Å². The van der Waals surface area contributed by atoms with Crippen LogP contribution in [0.3, 0.4) is 0 Å². The molecule has 0 atom stereocenters. The molecule has 0 aromatic heterocycles. The first kappa shape index (κ1) is 15.7. The minimum absolute atomic E-state index is 0.0247. The molecule has 0 bridgehead atoms. The van der Waals surface area contributed by atoms with Crippen LogP contribution in [0.5, 0.6) is 0 Å². The molecule has 6 heteroatoms. The lowest BCUT2D eigenvalue weighted by molar-refractivity contribution is -0.122. The highest BCUT2D eigenvalue weighted by Gasteiger charge is 2.21. The smallest absolute Gasteiger partial charge is 0.180 e. The van der Waals surface area contributed by atoms with Gasteiger partial charge in [-0.05, 0) is 31.0 Å². The summed E-state index contributed by atoms with van der Waals surface area (Å²) in [7, 11) is -3.45. The zero-order valence-corrected chi connectivity index (χ0v) is 12.4. The molecule has 0 radical (unpaired) electrons. The molecule has 0 amide bonds. The van der Waals surface area contributed by atoms with E-state index in [1.165, 1.54) is 12.1 Å². The van der Waals surface area contributed by atoms with Gasteiger partial charge < -0.3 is 4.74 Å². The van der Waals surface area contributed by atoms with Crippen molar-refractivity contribution < 1.29 is 17.9 Å². The third-order valence-corrected chi connectivity index (χ3v) is 5.19. The Balaban J connectivity index is 1.89. The number of hydrogen-bond acceptors (Lipinski definition) is 5. The molecule has 0 N–H and O–H groups in total. The Kier molecular flexibility index (Phi) is 5.10. The average Bonchev–Trinajstić information content (AvgIpc) is 2.49. The molecule has 1 saturated carbocycles. The van der Waals surface area contributed by atoms with Crippen LogP contribution in [0.1, 0.15) is 31.2 Å². The largest absolute Gasteiger partial charge is 0.377 e. The molecule has 0 spiro atoms. The Morgan fingerprint density at radius 3 is 2.67 bits per heavy atom. The van der Waals surface area contributed by atoms with Crippen LogP contribution in [0.2, 0.25) is 0 Å². The van der Waals surface area contributed by atoms with E-state index in [-0.39, 0.29) is 29.1 Å². The van der Waals surface area contributed by atoms with Gasteiger partial charge in [-0.15, -0.1) is 0 Å². The summed E-state index contributed by atoms with van der Waals surface area (Å²) in [6.07, 6.45) is 2.35. The van der Waals surface area contributed by atoms with Crippen LogP contribution in [0.15, 0.2) is 29.2 Å². The van der Waals surface area contributed by atoms with Crippen LogP contribution in [0, 0.1) is 11.3 Å². The molecule has 0 aliphatic heterocycles. The van der Waals surface area contributed by atoms with Crippen molar-refractivity contribution in [3.05, 3.63) is 29.8 Å². The molecular weight excluding hydrogens is 290 g/mol. The highest BCUT2D eigenvalue weighted by molar-refractivity contribution is 7.91. The Bertz CT molecular complexity index is 650. The number of ether oxygens (including phenoxy) is 1. The minimum Gasteiger partial charge on any atom is -0.377 e. The van der Waals surface area contributed by atoms with Crippen molar-refractivity contribution in [3.8, 4) is 6.07 Å². The van der Waals surface area contributed by atoms with Gasteiger partial charge in [-0.2, -0.15) is 5.26 Å². The van der Waals surface area contributed by atoms with Crippen molar-refractivity contribution in [3.63, 3.8) is 0 Å². The van der Waals surface area contributed by atoms with Gasteiger partial charge >= 0.3 is 0 Å². The second-order valence-corrected chi connectivity index (χ2v) is 7.18. The quantitative estimate of drug-likeness (QED) is 0.829. The Hall–Kier alpha value is -1.71. The first-order chi connectivity index (χ1) is 10.0. The zero-order valence-electron chi connectivity index (χ0n) is 11.6. The standard InChI is InChI=1S/C15H17NO4S/c16-11-12-2-1-3-15(10-12)21(18,19)9-8-20-14-6-4-13(17)5-7-14/h1-3,10,14H,4-9H2. The molecular formula is C15H17NO4S. The van der Waals surface area contributed by atoms with E-state index in [2.05, 4.69) is 0 Å². The second-order valence-electron chi connectivity index (χ2n) is 5.07. The van der Waals surface area contributed by atoms with E-state index in [0.717, 1.165) is 0 Å². The lowest BCUT2D eigenvalue weighted by Gasteiger charge is -2.21. The predicted molar refractivity (Wildman–Crippen MR) is 76.4 cm³/mol. The number of ketones is 1. The molecule has 1 aromatic carbocycles. The Morgan fingerprint density at radius 1 is 1.29 bits per heavy atom. The second kappa shape index (κ2) is 6.83. The summed E-state index contributed by atoms with van der Waals surface area (Å²) in [6.45, 7) is 0.109. The van der Waals surface area contributed by atoms with E-state index in [1.54, 1.807) is 12.1 Å². The van der Waals surface area contributed by atoms with Crippen LogP contribution in [0.4, 0.5) is 0 Å². The predicted octanol–water partition coefficient (Wildman–Crippen LogP) is 1.86. The molecule has 112 valence electrons. The van der Waals surface area contributed by atoms with Crippen LogP contribution in [-0.2, 0) is 19.4 Å². The number of sulfone groups is 1. The van der Waals surface area contributed by atoms with Gasteiger partial charge in [-0.1, -0.05) is 6.07 Å². The van der Waals surface area contributed by atoms with Gasteiger partial charge in [0, 0.05) is 12.8 Å². The molecule has 5 nitrogen and oxygen atoms in total. The van der Waals surface area contributed by atoms with Crippen LogP contribution in [0.25, 0.3) is 0 Å². The summed E-state index contributed by atoms with van der Waals surface area (Å²) in [5.74, 6) is 0.127. The van der Waals surface area contributed by atoms with E-state index in [1.807, 2.05) is 6.07 Å². The fraction of sp³-hybridized carbons (Fsp3) is 0.467. The maximum Gasteiger partial charge on any atom is 0.180 e. The monoisotopic (exact) mass is 307 g/mol. The summed E-state index contributed by atoms with van der Waals surface area (Å²) < 4.78 is 29.8. The zero-order chi connectivity index (χ0) is 15.3. The van der Waals surface area contributed by atoms with Crippen LogP contribution < -0.4 is 0 Å². The van der Waals surface area contributed by atoms with Gasteiger partial charge in [0.15, 0.2) is 9.84 Å². The highest BCUT2D eigenvalue weighted by Crippen LogP contribution is 2.18. The maximum atomic E-state index is 12.2. The summed E-state index contributed by atoms with van der Waals surface area (Å²) in [6, 6.07) is 7.89. The number of carbonyl (C=O) groups excluding carboxylic acids is 1. The summed E-state index contributed by atoms with van der Waals surface area (Å²) >= 11 is 0. The van der Waals surface area contributed by atoms with E-state index in [4.69, 9.17) is 10.00 Å². The third-order valence-electron chi connectivity index (χ3n) is 3.52. The van der Waals surface area contributed by atoms with E-state index < -0.39 is 9.84 Å². The Morgan fingerprint density at radius 2 is 2.00 bits per heavy atom. The molecule has 1 aromatic rings. The van der Waals surface area contributed by atoms with Crippen molar-refractivity contribution in [1.29, 1.82) is 5.26 Å². The highest BCUT2D eigenvalue weighted by atomic mass is 32.2. The van der Waals surface area contributed by atoms with E-state index >= 15 is 0 Å². The normalized spacial score (nSPS) is 16.6. The molecule has 0 unspecified atom stereocenters. The fourth-order valence-electron chi connectivity index (χ4n) is 2.28. The SMILES string of the molecule is N#Cc1cccc(S(=O)(=O)CCOC2CCC(=O)CC2)c1. The molecule has 21 heavy (non-hydrogen) atoms. The number of Topliss-reactive ketones (excluding diaryl/α,β-unsaturated/α-hetero) is 1. The van der Waals surface area contributed by atoms with Gasteiger partial charge in [-0.3, -0.25) is 4.79 Å². The number of nitriles is 1. The summed E-state index contributed by atoms with van der Waals surface area (Å²) in [4.78, 5) is 11.3. The number of nitrogens with zero attached hydrogens (tertiary/aromatic N) is 1. The lowest BCUT2D eigenvalue weighted by Crippen LogP contribution is -2.24. The van der Waals surface area contributed by atoms with Crippen molar-refractivity contribution in [1.82, 2.24) is 0 Å². The molecule has 1 aliphatic carbocycles. The van der Waals surface area contributed by atoms with Gasteiger partial charge in [0.2, 0.25) is 0 Å². The first-order valence-corrected chi connectivity index (χ1v) is 8.53. The summed E-state index contributed by atoms with van der Waals surface area (Å²) in [5.41, 5.74) is 0.322. The van der Waals surface area contributed by atoms with Crippen LogP contribution in [-0.4, -0.2) is 32.7 Å². The maximum absolute atomic E-state index is 12.2. The third kappa shape index (κ3) is 4.38. The Labute approximate surface area is 124 Å². The van der Waals surface area contributed by atoms with Gasteiger partial charge in [0.25, 0.3) is 0 Å². The number of carbonyl (C=O) groups is 1. The van der Waals surface area contributed by atoms with Crippen molar-refractivity contribution in [2.45, 2.75) is 36.7 Å².